The van der Waals surface area contributed by atoms with Gasteiger partial charge in [0.15, 0.2) is 6.20 Å². The van der Waals surface area contributed by atoms with Gasteiger partial charge in [-0.05, 0) is 55.0 Å². The maximum Gasteiger partial charge on any atom is 0.387 e. The molecule has 1 aromatic carbocycles. The Morgan fingerprint density at radius 1 is 1.28 bits per heavy atom. The lowest BCUT2D eigenvalue weighted by Gasteiger charge is -2.30. The number of pyridine rings is 1. The Labute approximate surface area is 171 Å². The Morgan fingerprint density at radius 3 is 2.79 bits per heavy atom. The average molecular weight is 400 g/mol. The Hall–Kier alpha value is -2.64. The second-order valence-corrected chi connectivity index (χ2v) is 7.49. The van der Waals surface area contributed by atoms with E-state index in [0.717, 1.165) is 35.8 Å². The molecule has 0 bridgehead atoms. The molecule has 1 aliphatic rings. The number of aliphatic hydroxyl groups is 1. The Balaban J connectivity index is 1.52. The van der Waals surface area contributed by atoms with Gasteiger partial charge in [-0.2, -0.15) is 0 Å². The molecular formula is C22H28N2O5. The fourth-order valence-electron chi connectivity index (χ4n) is 3.58. The fourth-order valence-corrected chi connectivity index (χ4v) is 3.58. The molecule has 7 nitrogen and oxygen atoms in total. The van der Waals surface area contributed by atoms with Gasteiger partial charge in [-0.25, -0.2) is 4.79 Å². The molecule has 1 atom stereocenters. The van der Waals surface area contributed by atoms with Crippen molar-refractivity contribution >= 4 is 5.97 Å². The number of carbonyl (C=O) groups excluding carboxylic acids is 1. The molecule has 2 heterocycles. The van der Waals surface area contributed by atoms with Gasteiger partial charge in [-0.1, -0.05) is 19.1 Å². The van der Waals surface area contributed by atoms with Crippen LogP contribution in [0, 0.1) is 11.1 Å². The highest BCUT2D eigenvalue weighted by atomic mass is 16.6. The number of benzene rings is 1. The number of likely N-dealkylation sites (tertiary alicyclic amines) is 1. The van der Waals surface area contributed by atoms with Crippen molar-refractivity contribution in [3.05, 3.63) is 47.8 Å². The standard InChI is InChI=1S/C22H28N2O5/c1-17-4-2-10-23(15-17)11-3-13-28-20-7-5-18(6-8-20)19-9-12-24(27)21(14-19)29-22(26)16-25/h5-9,12,14,17,25H,2-4,10-11,13,15-16H2,1H3/t17-/m0/s1. The Kier molecular flexibility index (Phi) is 7.43. The van der Waals surface area contributed by atoms with Crippen LogP contribution >= 0.6 is 0 Å². The summed E-state index contributed by atoms with van der Waals surface area (Å²) in [5.41, 5.74) is 1.59. The van der Waals surface area contributed by atoms with Gasteiger partial charge in [0.1, 0.15) is 12.4 Å². The molecule has 0 amide bonds. The minimum atomic E-state index is -0.880. The van der Waals surface area contributed by atoms with Gasteiger partial charge in [-0.3, -0.25) is 0 Å². The molecule has 3 rings (SSSR count). The predicted molar refractivity (Wildman–Crippen MR) is 109 cm³/mol. The van der Waals surface area contributed by atoms with Crippen LogP contribution in [0.25, 0.3) is 11.1 Å². The number of rotatable bonds is 8. The predicted octanol–water partition coefficient (Wildman–Crippen LogP) is 2.39. The minimum absolute atomic E-state index is 0.172. The highest BCUT2D eigenvalue weighted by molar-refractivity contribution is 5.73. The summed E-state index contributed by atoms with van der Waals surface area (Å²) in [6.07, 6.45) is 4.88. The first-order valence-electron chi connectivity index (χ1n) is 10.1. The summed E-state index contributed by atoms with van der Waals surface area (Å²) >= 11 is 0. The van der Waals surface area contributed by atoms with E-state index in [1.54, 1.807) is 6.07 Å². The molecule has 7 heteroatoms. The number of ether oxygens (including phenoxy) is 2. The van der Waals surface area contributed by atoms with Crippen molar-refractivity contribution in [2.45, 2.75) is 26.2 Å². The van der Waals surface area contributed by atoms with E-state index < -0.39 is 12.6 Å². The van der Waals surface area contributed by atoms with Crippen LogP contribution in [0.3, 0.4) is 0 Å². The van der Waals surface area contributed by atoms with E-state index in [1.165, 1.54) is 38.2 Å². The zero-order valence-corrected chi connectivity index (χ0v) is 16.8. The third-order valence-electron chi connectivity index (χ3n) is 5.05. The highest BCUT2D eigenvalue weighted by Gasteiger charge is 2.16. The number of hydrogen-bond donors (Lipinski definition) is 1. The van der Waals surface area contributed by atoms with Crippen molar-refractivity contribution in [2.24, 2.45) is 5.92 Å². The smallest absolute Gasteiger partial charge is 0.387 e. The molecule has 1 aliphatic heterocycles. The van der Waals surface area contributed by atoms with E-state index in [-0.39, 0.29) is 5.88 Å². The molecule has 156 valence electrons. The lowest BCUT2D eigenvalue weighted by atomic mass is 10.0. The molecule has 0 unspecified atom stereocenters. The molecular weight excluding hydrogens is 372 g/mol. The molecule has 29 heavy (non-hydrogen) atoms. The van der Waals surface area contributed by atoms with Crippen molar-refractivity contribution in [1.29, 1.82) is 0 Å². The van der Waals surface area contributed by atoms with Crippen LogP contribution in [0.5, 0.6) is 11.6 Å². The van der Waals surface area contributed by atoms with Crippen molar-refractivity contribution in [1.82, 2.24) is 4.90 Å². The number of piperidine rings is 1. The van der Waals surface area contributed by atoms with Gasteiger partial charge < -0.3 is 24.7 Å². The summed E-state index contributed by atoms with van der Waals surface area (Å²) in [4.78, 5) is 13.7. The molecule has 0 saturated carbocycles. The lowest BCUT2D eigenvalue weighted by molar-refractivity contribution is -0.610. The van der Waals surface area contributed by atoms with E-state index in [2.05, 4.69) is 11.8 Å². The van der Waals surface area contributed by atoms with Crippen molar-refractivity contribution in [3.63, 3.8) is 0 Å². The summed E-state index contributed by atoms with van der Waals surface area (Å²) in [5.74, 6) is 0.532. The topological polar surface area (TPSA) is 85.9 Å². The SMILES string of the molecule is C[C@H]1CCCN(CCCOc2ccc(-c3cc[n+]([O-])c(OC(=O)CO)c3)cc2)C1. The van der Waals surface area contributed by atoms with Gasteiger partial charge in [-0.15, -0.1) is 4.73 Å². The number of aliphatic hydroxyl groups excluding tert-OH is 1. The van der Waals surface area contributed by atoms with Gasteiger partial charge in [0.2, 0.25) is 0 Å². The van der Waals surface area contributed by atoms with Gasteiger partial charge in [0, 0.05) is 19.2 Å². The summed E-state index contributed by atoms with van der Waals surface area (Å²) in [5, 5.41) is 20.5. The molecule has 0 aliphatic carbocycles. The summed E-state index contributed by atoms with van der Waals surface area (Å²) < 4.78 is 11.1. The highest BCUT2D eigenvalue weighted by Crippen LogP contribution is 2.24. The van der Waals surface area contributed by atoms with Crippen molar-refractivity contribution in [2.75, 3.05) is 32.8 Å². The van der Waals surface area contributed by atoms with Crippen molar-refractivity contribution < 1.29 is 24.1 Å². The Bertz CT molecular complexity index is 809. The van der Waals surface area contributed by atoms with Crippen LogP contribution in [-0.4, -0.2) is 48.8 Å². The quantitative estimate of drug-likeness (QED) is 0.317. The van der Waals surface area contributed by atoms with E-state index >= 15 is 0 Å². The first-order valence-corrected chi connectivity index (χ1v) is 10.1. The molecule has 1 saturated heterocycles. The fraction of sp³-hybridized carbons (Fsp3) is 0.455. The van der Waals surface area contributed by atoms with Gasteiger partial charge >= 0.3 is 11.8 Å². The third kappa shape index (κ3) is 6.17. The number of nitrogens with zero attached hydrogens (tertiary/aromatic N) is 2. The zero-order valence-electron chi connectivity index (χ0n) is 16.8. The van der Waals surface area contributed by atoms with Crippen LogP contribution in [0.15, 0.2) is 42.6 Å². The van der Waals surface area contributed by atoms with E-state index in [0.29, 0.717) is 11.3 Å². The maximum atomic E-state index is 11.7. The average Bonchev–Trinajstić information content (AvgIpc) is 2.73. The first-order chi connectivity index (χ1) is 14.0. The second-order valence-electron chi connectivity index (χ2n) is 7.49. The molecule has 1 aromatic heterocycles. The van der Waals surface area contributed by atoms with Crippen LogP contribution < -0.4 is 14.2 Å². The summed E-state index contributed by atoms with van der Waals surface area (Å²) in [6, 6.07) is 10.7. The van der Waals surface area contributed by atoms with Gasteiger partial charge in [0.05, 0.1) is 12.7 Å². The van der Waals surface area contributed by atoms with E-state index in [1.807, 2.05) is 24.3 Å². The van der Waals surface area contributed by atoms with Crippen molar-refractivity contribution in [3.8, 4) is 22.8 Å². The van der Waals surface area contributed by atoms with Crippen LogP contribution in [0.1, 0.15) is 26.2 Å². The largest absolute Gasteiger partial charge is 0.616 e. The monoisotopic (exact) mass is 400 g/mol. The summed E-state index contributed by atoms with van der Waals surface area (Å²) in [7, 11) is 0. The molecule has 1 fully saturated rings. The molecule has 0 radical (unpaired) electrons. The molecule has 2 aromatic rings. The number of aromatic nitrogens is 1. The summed E-state index contributed by atoms with van der Waals surface area (Å²) in [6.45, 7) is 5.64. The number of esters is 1. The van der Waals surface area contributed by atoms with Crippen LogP contribution in [-0.2, 0) is 4.79 Å². The van der Waals surface area contributed by atoms with Gasteiger partial charge in [0.25, 0.3) is 0 Å². The second kappa shape index (κ2) is 10.2. The first kappa shape index (κ1) is 21.1. The van der Waals surface area contributed by atoms with Crippen LogP contribution in [0.4, 0.5) is 0 Å². The third-order valence-corrected chi connectivity index (χ3v) is 5.05. The zero-order chi connectivity index (χ0) is 20.6. The lowest BCUT2D eigenvalue weighted by Crippen LogP contribution is -2.35. The maximum absolute atomic E-state index is 11.7. The van der Waals surface area contributed by atoms with E-state index in [4.69, 9.17) is 14.6 Å². The normalized spacial score (nSPS) is 17.1. The number of carbonyl (C=O) groups is 1. The van der Waals surface area contributed by atoms with Crippen LogP contribution in [0.2, 0.25) is 0 Å². The minimum Gasteiger partial charge on any atom is -0.616 e. The number of hydrogen-bond acceptors (Lipinski definition) is 6. The molecule has 0 spiro atoms. The Morgan fingerprint density at radius 2 is 2.07 bits per heavy atom. The molecule has 1 N–H and O–H groups in total. The van der Waals surface area contributed by atoms with E-state index in [9.17, 15) is 10.0 Å².